The van der Waals surface area contributed by atoms with Crippen LogP contribution in [0.4, 0.5) is 10.1 Å². The third-order valence-electron chi connectivity index (χ3n) is 4.33. The first-order chi connectivity index (χ1) is 15.0. The zero-order chi connectivity index (χ0) is 22.1. The van der Waals surface area contributed by atoms with Crippen molar-refractivity contribution in [2.24, 2.45) is 5.16 Å². The Morgan fingerprint density at radius 2 is 1.81 bits per heavy atom. The van der Waals surface area contributed by atoms with Crippen LogP contribution in [0, 0.1) is 5.82 Å². The molecule has 0 saturated carbocycles. The van der Waals surface area contributed by atoms with Gasteiger partial charge in [0, 0.05) is 11.3 Å². The summed E-state index contributed by atoms with van der Waals surface area (Å²) in [6.45, 7) is 1.99. The number of ether oxygens (including phenoxy) is 2. The average molecular weight is 422 g/mol. The third kappa shape index (κ3) is 6.57. The van der Waals surface area contributed by atoms with E-state index in [9.17, 15) is 9.18 Å². The number of rotatable bonds is 9. The van der Waals surface area contributed by atoms with Crippen molar-refractivity contribution in [3.05, 3.63) is 89.7 Å². The predicted molar refractivity (Wildman–Crippen MR) is 117 cm³/mol. The lowest BCUT2D eigenvalue weighted by Gasteiger charge is -2.12. The van der Waals surface area contributed by atoms with Crippen LogP contribution in [0.5, 0.6) is 11.5 Å². The molecule has 0 unspecified atom stereocenters. The fraction of sp³-hybridized carbons (Fsp3) is 0.167. The Kier molecular flexibility index (Phi) is 7.59. The molecule has 0 aliphatic carbocycles. The second-order valence-corrected chi connectivity index (χ2v) is 6.66. The van der Waals surface area contributed by atoms with E-state index < -0.39 is 12.0 Å². The van der Waals surface area contributed by atoms with E-state index >= 15 is 0 Å². The Balaban J connectivity index is 1.54. The lowest BCUT2D eigenvalue weighted by Crippen LogP contribution is -2.26. The molecule has 1 N–H and O–H groups in total. The van der Waals surface area contributed by atoms with Gasteiger partial charge >= 0.3 is 0 Å². The summed E-state index contributed by atoms with van der Waals surface area (Å²) in [6.07, 6.45) is 0.641. The Morgan fingerprint density at radius 3 is 2.52 bits per heavy atom. The molecule has 31 heavy (non-hydrogen) atoms. The Morgan fingerprint density at radius 1 is 1.06 bits per heavy atom. The Labute approximate surface area is 180 Å². The van der Waals surface area contributed by atoms with Gasteiger partial charge in [0.2, 0.25) is 6.10 Å². The molecular weight excluding hydrogens is 399 g/mol. The molecular formula is C24H23FN2O4. The quantitative estimate of drug-likeness (QED) is 0.398. The number of amides is 1. The number of hydrogen-bond donors (Lipinski definition) is 1. The van der Waals surface area contributed by atoms with Crippen LogP contribution in [0.15, 0.2) is 78.0 Å². The predicted octanol–water partition coefficient (Wildman–Crippen LogP) is 4.79. The molecule has 0 aliphatic heterocycles. The monoisotopic (exact) mass is 422 g/mol. The normalized spacial score (nSPS) is 11.7. The summed E-state index contributed by atoms with van der Waals surface area (Å²) in [5.74, 6) is 0.392. The van der Waals surface area contributed by atoms with Crippen molar-refractivity contribution < 1.29 is 23.5 Å². The maximum atomic E-state index is 12.9. The molecule has 0 bridgehead atoms. The highest BCUT2D eigenvalue weighted by molar-refractivity contribution is 5.93. The second-order valence-electron chi connectivity index (χ2n) is 6.66. The maximum Gasteiger partial charge on any atom is 0.267 e. The van der Waals surface area contributed by atoms with Crippen molar-refractivity contribution in [2.75, 3.05) is 12.4 Å². The van der Waals surface area contributed by atoms with Crippen LogP contribution < -0.4 is 14.8 Å². The van der Waals surface area contributed by atoms with Crippen LogP contribution in [-0.2, 0) is 16.2 Å². The van der Waals surface area contributed by atoms with Gasteiger partial charge in [0.1, 0.15) is 12.4 Å². The van der Waals surface area contributed by atoms with Crippen molar-refractivity contribution in [1.29, 1.82) is 0 Å². The first kappa shape index (κ1) is 21.8. The molecule has 0 heterocycles. The summed E-state index contributed by atoms with van der Waals surface area (Å²) in [6, 6.07) is 20.6. The molecule has 0 spiro atoms. The number of nitrogens with one attached hydrogen (secondary N) is 1. The Hall–Kier alpha value is -3.87. The van der Waals surface area contributed by atoms with Gasteiger partial charge in [-0.05, 0) is 55.0 Å². The second kappa shape index (κ2) is 10.8. The molecule has 6 nitrogen and oxygen atoms in total. The molecule has 0 fully saturated rings. The summed E-state index contributed by atoms with van der Waals surface area (Å²) >= 11 is 0. The number of nitrogens with zero attached hydrogens (tertiary/aromatic N) is 1. The number of carbonyl (C=O) groups is 1. The van der Waals surface area contributed by atoms with E-state index in [-0.39, 0.29) is 5.82 Å². The summed E-state index contributed by atoms with van der Waals surface area (Å²) < 4.78 is 24.2. The first-order valence-corrected chi connectivity index (χ1v) is 9.65. The largest absolute Gasteiger partial charge is 0.493 e. The molecule has 0 saturated heterocycles. The number of hydrogen-bond acceptors (Lipinski definition) is 5. The first-order valence-electron chi connectivity index (χ1n) is 9.65. The van der Waals surface area contributed by atoms with E-state index in [1.54, 1.807) is 32.2 Å². The molecule has 1 amide bonds. The average Bonchev–Trinajstić information content (AvgIpc) is 2.80. The van der Waals surface area contributed by atoms with Crippen LogP contribution >= 0.6 is 0 Å². The smallest absolute Gasteiger partial charge is 0.267 e. The van der Waals surface area contributed by atoms with Crippen LogP contribution in [0.2, 0.25) is 0 Å². The van der Waals surface area contributed by atoms with Gasteiger partial charge in [-0.3, -0.25) is 4.79 Å². The van der Waals surface area contributed by atoms with Gasteiger partial charge < -0.3 is 19.6 Å². The van der Waals surface area contributed by atoms with Crippen molar-refractivity contribution in [2.45, 2.75) is 19.6 Å². The summed E-state index contributed by atoms with van der Waals surface area (Å²) in [5.41, 5.74) is 2.24. The number of methoxy groups -OCH3 is 1. The fourth-order valence-corrected chi connectivity index (χ4v) is 2.63. The molecule has 3 aromatic rings. The molecule has 0 aromatic heterocycles. The highest BCUT2D eigenvalue weighted by Gasteiger charge is 2.14. The summed E-state index contributed by atoms with van der Waals surface area (Å²) in [7, 11) is 1.56. The van der Waals surface area contributed by atoms with E-state index in [2.05, 4.69) is 10.5 Å². The molecule has 3 rings (SSSR count). The molecule has 1 atom stereocenters. The van der Waals surface area contributed by atoms with E-state index in [1.165, 1.54) is 30.5 Å². The maximum absolute atomic E-state index is 12.9. The van der Waals surface area contributed by atoms with Crippen molar-refractivity contribution >= 4 is 17.8 Å². The van der Waals surface area contributed by atoms with Crippen LogP contribution in [0.1, 0.15) is 18.1 Å². The molecule has 3 aromatic carbocycles. The van der Waals surface area contributed by atoms with Gasteiger partial charge in [-0.1, -0.05) is 35.5 Å². The van der Waals surface area contributed by atoms with Gasteiger partial charge in [-0.2, -0.15) is 0 Å². The SMILES string of the molecule is COc1cc(/C=N\O[C@H](C)C(=O)Nc2ccc(F)cc2)ccc1OCc1ccccc1. The lowest BCUT2D eigenvalue weighted by molar-refractivity contribution is -0.126. The standard InChI is InChI=1S/C24H23FN2O4/c1-17(24(28)27-21-11-9-20(25)10-12-21)31-26-15-19-8-13-22(23(14-19)29-2)30-16-18-6-4-3-5-7-18/h3-15,17H,16H2,1-2H3,(H,27,28)/b26-15-/t17-/m1/s1. The van der Waals surface area contributed by atoms with Gasteiger partial charge in [-0.25, -0.2) is 4.39 Å². The van der Waals surface area contributed by atoms with E-state index in [0.29, 0.717) is 23.8 Å². The number of benzene rings is 3. The van der Waals surface area contributed by atoms with E-state index in [1.807, 2.05) is 30.3 Å². The fourth-order valence-electron chi connectivity index (χ4n) is 2.63. The summed E-state index contributed by atoms with van der Waals surface area (Å²) in [5, 5.41) is 6.50. The molecule has 0 aliphatic rings. The highest BCUT2D eigenvalue weighted by atomic mass is 19.1. The van der Waals surface area contributed by atoms with Crippen molar-refractivity contribution in [3.8, 4) is 11.5 Å². The number of oxime groups is 1. The van der Waals surface area contributed by atoms with E-state index in [4.69, 9.17) is 14.3 Å². The lowest BCUT2D eigenvalue weighted by atomic mass is 10.2. The van der Waals surface area contributed by atoms with Crippen LogP contribution in [-0.4, -0.2) is 25.3 Å². The molecule has 160 valence electrons. The number of anilines is 1. The number of halogens is 1. The van der Waals surface area contributed by atoms with Gasteiger partial charge in [0.15, 0.2) is 11.5 Å². The molecule has 0 radical (unpaired) electrons. The van der Waals surface area contributed by atoms with Gasteiger partial charge in [0.25, 0.3) is 5.91 Å². The van der Waals surface area contributed by atoms with Crippen molar-refractivity contribution in [3.63, 3.8) is 0 Å². The zero-order valence-corrected chi connectivity index (χ0v) is 17.2. The minimum Gasteiger partial charge on any atom is -0.493 e. The topological polar surface area (TPSA) is 69.2 Å². The van der Waals surface area contributed by atoms with Gasteiger partial charge in [-0.15, -0.1) is 0 Å². The highest BCUT2D eigenvalue weighted by Crippen LogP contribution is 2.28. The van der Waals surface area contributed by atoms with Crippen molar-refractivity contribution in [1.82, 2.24) is 0 Å². The van der Waals surface area contributed by atoms with Gasteiger partial charge in [0.05, 0.1) is 13.3 Å². The van der Waals surface area contributed by atoms with Crippen LogP contribution in [0.3, 0.4) is 0 Å². The number of carbonyl (C=O) groups excluding carboxylic acids is 1. The zero-order valence-electron chi connectivity index (χ0n) is 17.2. The van der Waals surface area contributed by atoms with Crippen LogP contribution in [0.25, 0.3) is 0 Å². The van der Waals surface area contributed by atoms with E-state index in [0.717, 1.165) is 11.1 Å². The Bertz CT molecular complexity index is 1020. The molecule has 7 heteroatoms. The third-order valence-corrected chi connectivity index (χ3v) is 4.33. The minimum absolute atomic E-state index is 0.376. The minimum atomic E-state index is -0.836. The summed E-state index contributed by atoms with van der Waals surface area (Å²) in [4.78, 5) is 17.4.